The number of aliphatic imine (C=N–C) groups is 1. The van der Waals surface area contributed by atoms with Gasteiger partial charge in [-0.3, -0.25) is 4.99 Å². The number of allylic oxidation sites excluding steroid dienone is 7. The smallest absolute Gasteiger partial charge is 0.201 e. The molecule has 2 atom stereocenters. The summed E-state index contributed by atoms with van der Waals surface area (Å²) < 4.78 is 0. The van der Waals surface area contributed by atoms with E-state index in [1.165, 1.54) is 39.5 Å². The van der Waals surface area contributed by atoms with Gasteiger partial charge < -0.3 is 25.5 Å². The number of nitrogens with one attached hydrogen (secondary N) is 1. The highest BCUT2D eigenvalue weighted by Gasteiger charge is 2.27. The summed E-state index contributed by atoms with van der Waals surface area (Å²) in [6.45, 7) is 19.0. The number of phenols is 3. The van der Waals surface area contributed by atoms with E-state index in [2.05, 4.69) is 172 Å². The van der Waals surface area contributed by atoms with Crippen LogP contribution in [0.15, 0.2) is 181 Å². The summed E-state index contributed by atoms with van der Waals surface area (Å²) in [5.74, 6) is -1.09. The van der Waals surface area contributed by atoms with E-state index in [0.29, 0.717) is 23.1 Å². The molecule has 0 radical (unpaired) electrons. The molecule has 6 aromatic rings. The van der Waals surface area contributed by atoms with Gasteiger partial charge in [-0.25, -0.2) is 0 Å². The van der Waals surface area contributed by atoms with Crippen LogP contribution in [0.4, 0.5) is 17.1 Å². The fourth-order valence-corrected chi connectivity index (χ4v) is 9.80. The molecule has 0 saturated carbocycles. The maximum atomic E-state index is 11.0. The molecule has 0 saturated heterocycles. The molecule has 344 valence electrons. The van der Waals surface area contributed by atoms with Gasteiger partial charge in [0.1, 0.15) is 6.17 Å². The number of benzene rings is 6. The summed E-state index contributed by atoms with van der Waals surface area (Å²) in [7, 11) is 0. The number of aromatic hydroxyl groups is 3. The van der Waals surface area contributed by atoms with Crippen LogP contribution in [0.5, 0.6) is 17.2 Å². The Balaban J connectivity index is 1.14. The number of hydrogen-bond donors (Lipinski definition) is 4. The third kappa shape index (κ3) is 9.50. The zero-order chi connectivity index (χ0) is 47.9. The van der Waals surface area contributed by atoms with Crippen molar-refractivity contribution in [2.75, 3.05) is 4.90 Å². The molecule has 68 heavy (non-hydrogen) atoms. The Labute approximate surface area is 403 Å². The largest absolute Gasteiger partial charge is 0.504 e. The SMILES string of the molecule is C=Cc1c(O)c(O)c(O)c(CC)c1-c1cccc(N(c2ccccc2)c2ccc(-c3ccc(C(CC)=NC(NC(=C)C4=CC=CCC4)C4C=CC(c5ccccc5)=CC4)cc3CC)c(C)c2)c1C. The highest BCUT2D eigenvalue weighted by molar-refractivity contribution is 6.01. The summed E-state index contributed by atoms with van der Waals surface area (Å²) in [6.07, 6.45) is 19.7. The lowest BCUT2D eigenvalue weighted by molar-refractivity contribution is 0.365. The van der Waals surface area contributed by atoms with Crippen LogP contribution < -0.4 is 10.2 Å². The van der Waals surface area contributed by atoms with Crippen molar-refractivity contribution in [1.82, 2.24) is 5.32 Å². The summed E-state index contributed by atoms with van der Waals surface area (Å²) in [4.78, 5) is 7.79. The van der Waals surface area contributed by atoms with Crippen molar-refractivity contribution < 1.29 is 15.3 Å². The first-order chi connectivity index (χ1) is 33.1. The molecule has 2 aliphatic rings. The monoisotopic (exact) mass is 897 g/mol. The quantitative estimate of drug-likeness (QED) is 0.0574. The molecule has 0 bridgehead atoms. The van der Waals surface area contributed by atoms with Gasteiger partial charge in [0.05, 0.1) is 0 Å². The highest BCUT2D eigenvalue weighted by atomic mass is 16.3. The Bertz CT molecular complexity index is 3010. The molecule has 2 unspecified atom stereocenters. The van der Waals surface area contributed by atoms with Crippen molar-refractivity contribution in [3.63, 3.8) is 0 Å². The van der Waals surface area contributed by atoms with Crippen LogP contribution in [0.3, 0.4) is 0 Å². The average Bonchev–Trinajstić information content (AvgIpc) is 3.38. The second-order valence-electron chi connectivity index (χ2n) is 17.7. The van der Waals surface area contributed by atoms with E-state index >= 15 is 0 Å². The number of rotatable bonds is 16. The van der Waals surface area contributed by atoms with E-state index in [4.69, 9.17) is 4.99 Å². The normalized spacial score (nSPS) is 15.1. The van der Waals surface area contributed by atoms with Crippen molar-refractivity contribution >= 4 is 34.4 Å². The van der Waals surface area contributed by atoms with Crippen LogP contribution in [0.25, 0.3) is 33.9 Å². The minimum Gasteiger partial charge on any atom is -0.504 e. The van der Waals surface area contributed by atoms with Crippen molar-refractivity contribution in [3.05, 3.63) is 215 Å². The maximum Gasteiger partial charge on any atom is 0.201 e. The lowest BCUT2D eigenvalue weighted by atomic mass is 9.88. The standard InChI is InChI=1S/C62H63N3O3/c1-8-43-39-48(56(11-4)64-62(63-42(7)44-22-15-12-16-23-44)47-32-30-46(31-33-47)45-24-17-13-18-25-45)34-36-55(43)53-37-35-50(38-40(53)5)65(49-26-19-14-20-27-49)57-29-21-28-54(41(57)6)58-51(9-2)59(66)61(68)60(67)52(58)10-3/h9,12-15,17-22,24-32,34-39,47,62-63,66-68H,2,7-8,10-11,16,23,33H2,1,3-6H3. The van der Waals surface area contributed by atoms with Gasteiger partial charge >= 0.3 is 0 Å². The van der Waals surface area contributed by atoms with Gasteiger partial charge in [0.25, 0.3) is 0 Å². The van der Waals surface area contributed by atoms with Gasteiger partial charge in [-0.05, 0) is 144 Å². The van der Waals surface area contributed by atoms with E-state index in [1.807, 2.05) is 37.3 Å². The molecule has 6 nitrogen and oxygen atoms in total. The Morgan fingerprint density at radius 3 is 2.21 bits per heavy atom. The minimum atomic E-state index is -0.534. The molecular formula is C62H63N3O3. The fraction of sp³-hybridized carbons (Fsp3) is 0.210. The molecule has 0 heterocycles. The Morgan fingerprint density at radius 2 is 1.56 bits per heavy atom. The first kappa shape index (κ1) is 46.9. The molecule has 0 aliphatic heterocycles. The van der Waals surface area contributed by atoms with E-state index in [0.717, 1.165) is 82.8 Å². The summed E-state index contributed by atoms with van der Waals surface area (Å²) in [5, 5.41) is 36.4. The van der Waals surface area contributed by atoms with E-state index in [9.17, 15) is 15.3 Å². The molecule has 0 fully saturated rings. The maximum absolute atomic E-state index is 11.0. The lowest BCUT2D eigenvalue weighted by Gasteiger charge is -2.29. The number of aryl methyl sites for hydroxylation is 2. The number of anilines is 3. The first-order valence-corrected chi connectivity index (χ1v) is 24.0. The molecule has 0 spiro atoms. The van der Waals surface area contributed by atoms with Gasteiger partial charge in [-0.2, -0.15) is 0 Å². The number of nitrogens with zero attached hydrogens (tertiary/aromatic N) is 2. The van der Waals surface area contributed by atoms with E-state index < -0.39 is 5.75 Å². The van der Waals surface area contributed by atoms with Crippen LogP contribution >= 0.6 is 0 Å². The van der Waals surface area contributed by atoms with Crippen molar-refractivity contribution in [2.24, 2.45) is 10.9 Å². The molecule has 4 N–H and O–H groups in total. The van der Waals surface area contributed by atoms with Crippen LogP contribution in [0.2, 0.25) is 0 Å². The molecule has 6 aromatic carbocycles. The zero-order valence-electron chi connectivity index (χ0n) is 40.1. The number of phenolic OH excluding ortho intramolecular Hbond substituents is 3. The lowest BCUT2D eigenvalue weighted by Crippen LogP contribution is -2.35. The van der Waals surface area contributed by atoms with Crippen LogP contribution in [-0.2, 0) is 12.8 Å². The number of para-hydroxylation sites is 1. The molecule has 0 aromatic heterocycles. The Hall–Kier alpha value is -7.57. The van der Waals surface area contributed by atoms with Crippen molar-refractivity contribution in [2.45, 2.75) is 79.3 Å². The second kappa shape index (κ2) is 20.9. The molecule has 0 amide bonds. The third-order valence-electron chi connectivity index (χ3n) is 13.5. The molecule has 8 rings (SSSR count). The third-order valence-corrected chi connectivity index (χ3v) is 13.5. The van der Waals surface area contributed by atoms with E-state index in [1.54, 1.807) is 0 Å². The minimum absolute atomic E-state index is 0.154. The van der Waals surface area contributed by atoms with Gasteiger partial charge in [0, 0.05) is 51.1 Å². The second-order valence-corrected chi connectivity index (χ2v) is 17.7. The topological polar surface area (TPSA) is 88.3 Å². The number of hydrogen-bond acceptors (Lipinski definition) is 6. The van der Waals surface area contributed by atoms with E-state index in [-0.39, 0.29) is 23.6 Å². The van der Waals surface area contributed by atoms with Crippen LogP contribution in [-0.4, -0.2) is 27.2 Å². The Kier molecular flexibility index (Phi) is 14.5. The van der Waals surface area contributed by atoms with Gasteiger partial charge in [0.15, 0.2) is 11.5 Å². The van der Waals surface area contributed by atoms with Crippen molar-refractivity contribution in [1.29, 1.82) is 0 Å². The summed E-state index contributed by atoms with van der Waals surface area (Å²) in [6, 6.07) is 40.5. The zero-order valence-corrected chi connectivity index (χ0v) is 40.1. The van der Waals surface area contributed by atoms with Gasteiger partial charge in [-0.1, -0.05) is 155 Å². The summed E-state index contributed by atoms with van der Waals surface area (Å²) in [5.41, 5.74) is 17.8. The van der Waals surface area contributed by atoms with Crippen LogP contribution in [0, 0.1) is 19.8 Å². The fourth-order valence-electron chi connectivity index (χ4n) is 9.80. The van der Waals surface area contributed by atoms with Gasteiger partial charge in [0.2, 0.25) is 5.75 Å². The predicted molar refractivity (Wildman–Crippen MR) is 286 cm³/mol. The molecule has 6 heteroatoms. The molecule has 2 aliphatic carbocycles. The predicted octanol–water partition coefficient (Wildman–Crippen LogP) is 15.6. The Morgan fingerprint density at radius 1 is 0.809 bits per heavy atom. The van der Waals surface area contributed by atoms with Crippen LogP contribution in [0.1, 0.15) is 85.4 Å². The average molecular weight is 898 g/mol. The summed E-state index contributed by atoms with van der Waals surface area (Å²) >= 11 is 0. The van der Waals surface area contributed by atoms with Crippen molar-refractivity contribution in [3.8, 4) is 39.5 Å². The van der Waals surface area contributed by atoms with Gasteiger partial charge in [-0.15, -0.1) is 0 Å². The first-order valence-electron chi connectivity index (χ1n) is 24.0. The molecular weight excluding hydrogens is 835 g/mol. The highest BCUT2D eigenvalue weighted by Crippen LogP contribution is 2.50.